The van der Waals surface area contributed by atoms with Gasteiger partial charge < -0.3 is 21.7 Å². The van der Waals surface area contributed by atoms with Crippen LogP contribution in [0, 0.1) is 5.41 Å². The average Bonchev–Trinajstić information content (AvgIpc) is 2.81. The molecule has 0 spiro atoms. The van der Waals surface area contributed by atoms with E-state index in [1.165, 1.54) is 0 Å². The van der Waals surface area contributed by atoms with Crippen LogP contribution in [0.2, 0.25) is 0 Å². The summed E-state index contributed by atoms with van der Waals surface area (Å²) in [6.45, 7) is 1.49. The standard InChI is InChI=1S/C24H26N6O/c25-22(26)19-2-1-3-21(16-19)30-24(10-14-28-15-11-24)23(31)29-20-6-4-17(5-7-20)18-8-12-27-13-9-18/h1-9,12-13,16,28,30H,10-11,14-15H2,(H3,25,26)(H,29,31). The summed E-state index contributed by atoms with van der Waals surface area (Å²) in [6, 6.07) is 19.0. The maximum Gasteiger partial charge on any atom is 0.250 e. The highest BCUT2D eigenvalue weighted by Crippen LogP contribution is 2.28. The number of benzene rings is 2. The van der Waals surface area contributed by atoms with Crippen LogP contribution in [-0.4, -0.2) is 35.4 Å². The number of nitrogens with two attached hydrogens (primary N) is 1. The number of amides is 1. The highest BCUT2D eigenvalue weighted by Gasteiger charge is 2.39. The molecule has 3 aromatic rings. The second-order valence-electron chi connectivity index (χ2n) is 7.72. The zero-order valence-corrected chi connectivity index (χ0v) is 17.2. The number of piperidine rings is 1. The van der Waals surface area contributed by atoms with Gasteiger partial charge in [-0.1, -0.05) is 24.3 Å². The predicted octanol–water partition coefficient (Wildman–Crippen LogP) is 3.21. The second-order valence-corrected chi connectivity index (χ2v) is 7.72. The third-order valence-corrected chi connectivity index (χ3v) is 5.61. The second kappa shape index (κ2) is 8.97. The lowest BCUT2D eigenvalue weighted by Crippen LogP contribution is -2.55. The Morgan fingerprint density at radius 1 is 0.968 bits per heavy atom. The van der Waals surface area contributed by atoms with E-state index in [-0.39, 0.29) is 11.7 Å². The zero-order chi connectivity index (χ0) is 21.7. The van der Waals surface area contributed by atoms with Gasteiger partial charge in [0.1, 0.15) is 11.4 Å². The van der Waals surface area contributed by atoms with Crippen LogP contribution >= 0.6 is 0 Å². The molecule has 158 valence electrons. The Morgan fingerprint density at radius 3 is 2.32 bits per heavy atom. The molecule has 0 bridgehead atoms. The summed E-state index contributed by atoms with van der Waals surface area (Å²) in [5.41, 5.74) is 9.18. The predicted molar refractivity (Wildman–Crippen MR) is 124 cm³/mol. The average molecular weight is 415 g/mol. The molecule has 1 fully saturated rings. The number of amidine groups is 1. The maximum absolute atomic E-state index is 13.4. The number of hydrogen-bond donors (Lipinski definition) is 5. The van der Waals surface area contributed by atoms with E-state index >= 15 is 0 Å². The molecule has 1 aliphatic heterocycles. The minimum Gasteiger partial charge on any atom is -0.384 e. The first kappa shape index (κ1) is 20.6. The number of aromatic nitrogens is 1. The van der Waals surface area contributed by atoms with Crippen LogP contribution < -0.4 is 21.7 Å². The van der Waals surface area contributed by atoms with Gasteiger partial charge in [-0.2, -0.15) is 0 Å². The minimum absolute atomic E-state index is 0.00162. The monoisotopic (exact) mass is 414 g/mol. The first-order chi connectivity index (χ1) is 15.1. The lowest BCUT2D eigenvalue weighted by molar-refractivity contribution is -0.121. The SMILES string of the molecule is N=C(N)c1cccc(NC2(C(=O)Nc3ccc(-c4ccncc4)cc3)CCNCC2)c1. The number of rotatable bonds is 6. The molecular weight excluding hydrogens is 388 g/mol. The van der Waals surface area contributed by atoms with Gasteiger partial charge in [0.15, 0.2) is 0 Å². The molecule has 0 radical (unpaired) electrons. The van der Waals surface area contributed by atoms with Crippen molar-refractivity contribution in [2.75, 3.05) is 23.7 Å². The Bertz CT molecular complexity index is 1060. The van der Waals surface area contributed by atoms with Gasteiger partial charge in [-0.05, 0) is 73.5 Å². The van der Waals surface area contributed by atoms with Gasteiger partial charge in [0, 0.05) is 29.3 Å². The van der Waals surface area contributed by atoms with Gasteiger partial charge in [0.25, 0.3) is 0 Å². The van der Waals surface area contributed by atoms with Crippen LogP contribution in [0.5, 0.6) is 0 Å². The third-order valence-electron chi connectivity index (χ3n) is 5.61. The van der Waals surface area contributed by atoms with Crippen LogP contribution in [-0.2, 0) is 4.79 Å². The Hall–Kier alpha value is -3.71. The molecule has 1 aliphatic rings. The first-order valence-electron chi connectivity index (χ1n) is 10.3. The minimum atomic E-state index is -0.746. The van der Waals surface area contributed by atoms with Crippen molar-refractivity contribution in [3.05, 3.63) is 78.6 Å². The van der Waals surface area contributed by atoms with E-state index in [4.69, 9.17) is 11.1 Å². The van der Waals surface area contributed by atoms with E-state index in [1.807, 2.05) is 54.6 Å². The van der Waals surface area contributed by atoms with Crippen LogP contribution in [0.3, 0.4) is 0 Å². The smallest absolute Gasteiger partial charge is 0.250 e. The number of nitrogens with zero attached hydrogens (tertiary/aromatic N) is 1. The number of anilines is 2. The van der Waals surface area contributed by atoms with Crippen LogP contribution in [0.1, 0.15) is 18.4 Å². The summed E-state index contributed by atoms with van der Waals surface area (Å²) in [5.74, 6) is -0.0689. The lowest BCUT2D eigenvalue weighted by atomic mass is 9.86. The molecule has 6 N–H and O–H groups in total. The molecule has 1 amide bonds. The summed E-state index contributed by atoms with van der Waals surface area (Å²) in [7, 11) is 0. The van der Waals surface area contributed by atoms with Gasteiger partial charge in [-0.25, -0.2) is 0 Å². The van der Waals surface area contributed by atoms with Crippen molar-refractivity contribution in [2.24, 2.45) is 5.73 Å². The molecule has 0 saturated carbocycles. The fourth-order valence-electron chi connectivity index (χ4n) is 3.84. The van der Waals surface area contributed by atoms with Gasteiger partial charge in [-0.15, -0.1) is 0 Å². The normalized spacial score (nSPS) is 15.1. The van der Waals surface area contributed by atoms with Crippen molar-refractivity contribution in [1.29, 1.82) is 5.41 Å². The number of hydrogen-bond acceptors (Lipinski definition) is 5. The zero-order valence-electron chi connectivity index (χ0n) is 17.2. The number of nitrogens with one attached hydrogen (secondary N) is 4. The fourth-order valence-corrected chi connectivity index (χ4v) is 3.84. The summed E-state index contributed by atoms with van der Waals surface area (Å²) >= 11 is 0. The molecular formula is C24H26N6O. The summed E-state index contributed by atoms with van der Waals surface area (Å²) < 4.78 is 0. The van der Waals surface area contributed by atoms with Crippen molar-refractivity contribution in [2.45, 2.75) is 18.4 Å². The maximum atomic E-state index is 13.4. The van der Waals surface area contributed by atoms with Crippen molar-refractivity contribution in [1.82, 2.24) is 10.3 Å². The van der Waals surface area contributed by atoms with E-state index in [0.717, 1.165) is 35.6 Å². The summed E-state index contributed by atoms with van der Waals surface area (Å²) in [6.07, 6.45) is 4.83. The Morgan fingerprint density at radius 2 is 1.65 bits per heavy atom. The van der Waals surface area contributed by atoms with E-state index in [9.17, 15) is 4.79 Å². The molecule has 4 rings (SSSR count). The molecule has 7 heteroatoms. The number of pyridine rings is 1. The van der Waals surface area contributed by atoms with E-state index in [2.05, 4.69) is 20.9 Å². The fraction of sp³-hybridized carbons (Fsp3) is 0.208. The molecule has 31 heavy (non-hydrogen) atoms. The van der Waals surface area contributed by atoms with Gasteiger partial charge in [-0.3, -0.25) is 15.2 Å². The molecule has 0 unspecified atom stereocenters. The van der Waals surface area contributed by atoms with Crippen LogP contribution in [0.4, 0.5) is 11.4 Å². The molecule has 1 aromatic heterocycles. The molecule has 0 aliphatic carbocycles. The van der Waals surface area contributed by atoms with E-state index < -0.39 is 5.54 Å². The first-order valence-corrected chi connectivity index (χ1v) is 10.3. The van der Waals surface area contributed by atoms with Crippen molar-refractivity contribution in [3.8, 4) is 11.1 Å². The van der Waals surface area contributed by atoms with Crippen molar-refractivity contribution < 1.29 is 4.79 Å². The highest BCUT2D eigenvalue weighted by atomic mass is 16.2. The Labute approximate surface area is 181 Å². The van der Waals surface area contributed by atoms with E-state index in [0.29, 0.717) is 18.4 Å². The number of carbonyl (C=O) groups excluding carboxylic acids is 1. The Balaban J connectivity index is 1.53. The van der Waals surface area contributed by atoms with Gasteiger partial charge >= 0.3 is 0 Å². The third kappa shape index (κ3) is 4.73. The molecule has 7 nitrogen and oxygen atoms in total. The highest BCUT2D eigenvalue weighted by molar-refractivity contribution is 6.01. The summed E-state index contributed by atoms with van der Waals surface area (Å²) in [4.78, 5) is 17.4. The molecule has 0 atom stereocenters. The number of carbonyl (C=O) groups is 1. The molecule has 2 aromatic carbocycles. The quantitative estimate of drug-likeness (QED) is 0.314. The summed E-state index contributed by atoms with van der Waals surface area (Å²) in [5, 5.41) is 17.5. The van der Waals surface area contributed by atoms with Gasteiger partial charge in [0.2, 0.25) is 5.91 Å². The van der Waals surface area contributed by atoms with Crippen LogP contribution in [0.15, 0.2) is 73.1 Å². The molecule has 1 saturated heterocycles. The Kier molecular flexibility index (Phi) is 5.95. The lowest BCUT2D eigenvalue weighted by Gasteiger charge is -2.38. The van der Waals surface area contributed by atoms with Crippen molar-refractivity contribution in [3.63, 3.8) is 0 Å². The largest absolute Gasteiger partial charge is 0.384 e. The molecule has 2 heterocycles. The number of nitrogen functional groups attached to an aromatic ring is 1. The van der Waals surface area contributed by atoms with Gasteiger partial charge in [0.05, 0.1) is 0 Å². The topological polar surface area (TPSA) is 116 Å². The van der Waals surface area contributed by atoms with Crippen LogP contribution in [0.25, 0.3) is 11.1 Å². The van der Waals surface area contributed by atoms with E-state index in [1.54, 1.807) is 18.5 Å². The van der Waals surface area contributed by atoms with Crippen molar-refractivity contribution >= 4 is 23.1 Å².